The lowest BCUT2D eigenvalue weighted by atomic mass is 9.99. The van der Waals surface area contributed by atoms with Crippen LogP contribution in [0.15, 0.2) is 12.2 Å². The SMILES string of the molecule is C=C(CCCCCCCCCC)CCCC(C)C.CCCCCCCCCC. The lowest BCUT2D eigenvalue weighted by molar-refractivity contribution is 0.543. The molecule has 0 saturated heterocycles. The van der Waals surface area contributed by atoms with Gasteiger partial charge in [0.1, 0.15) is 0 Å². The molecule has 0 atom stereocenters. The lowest BCUT2D eigenvalue weighted by Crippen LogP contribution is -1.89. The van der Waals surface area contributed by atoms with E-state index in [0.29, 0.717) is 0 Å². The van der Waals surface area contributed by atoms with E-state index in [1.807, 2.05) is 0 Å². The zero-order valence-electron chi connectivity index (χ0n) is 20.9. The van der Waals surface area contributed by atoms with E-state index in [0.717, 1.165) is 5.92 Å². The molecule has 0 heterocycles. The van der Waals surface area contributed by atoms with Crippen molar-refractivity contribution >= 4 is 0 Å². The Morgan fingerprint density at radius 3 is 1.18 bits per heavy atom. The van der Waals surface area contributed by atoms with Crippen molar-refractivity contribution in [3.05, 3.63) is 12.2 Å². The molecule has 0 aliphatic rings. The molecule has 0 aliphatic heterocycles. The van der Waals surface area contributed by atoms with E-state index in [9.17, 15) is 0 Å². The molecule has 170 valence electrons. The standard InChI is InChI=1S/C18H36.C10H22/c1-5-6-7-8-9-10-11-12-15-18(4)16-13-14-17(2)3;1-3-5-7-9-10-8-6-4-2/h17H,4-16H2,1-3H3;3-10H2,1-2H3. The van der Waals surface area contributed by atoms with Crippen LogP contribution < -0.4 is 0 Å². The molecule has 0 aromatic heterocycles. The van der Waals surface area contributed by atoms with Crippen LogP contribution >= 0.6 is 0 Å². The first kappa shape index (κ1) is 29.9. The van der Waals surface area contributed by atoms with Crippen LogP contribution in [-0.2, 0) is 0 Å². The van der Waals surface area contributed by atoms with Crippen molar-refractivity contribution in [2.75, 3.05) is 0 Å². The van der Waals surface area contributed by atoms with Gasteiger partial charge in [-0.3, -0.25) is 0 Å². The predicted molar refractivity (Wildman–Crippen MR) is 133 cm³/mol. The van der Waals surface area contributed by atoms with Gasteiger partial charge >= 0.3 is 0 Å². The first-order valence-corrected chi connectivity index (χ1v) is 13.2. The van der Waals surface area contributed by atoms with Gasteiger partial charge in [0.15, 0.2) is 0 Å². The van der Waals surface area contributed by atoms with Gasteiger partial charge in [-0.1, -0.05) is 150 Å². The average molecular weight is 395 g/mol. The van der Waals surface area contributed by atoms with E-state index >= 15 is 0 Å². The molecule has 0 nitrogen and oxygen atoms in total. The van der Waals surface area contributed by atoms with Gasteiger partial charge in [0.25, 0.3) is 0 Å². The van der Waals surface area contributed by atoms with Crippen LogP contribution in [0.4, 0.5) is 0 Å². The predicted octanol–water partition coefficient (Wildman–Crippen LogP) is 11.0. The van der Waals surface area contributed by atoms with Gasteiger partial charge < -0.3 is 0 Å². The minimum Gasteiger partial charge on any atom is -0.0999 e. The van der Waals surface area contributed by atoms with E-state index in [4.69, 9.17) is 0 Å². The van der Waals surface area contributed by atoms with Crippen LogP contribution in [0.1, 0.15) is 163 Å². The molecule has 0 radical (unpaired) electrons. The van der Waals surface area contributed by atoms with Crippen molar-refractivity contribution in [3.63, 3.8) is 0 Å². The summed E-state index contributed by atoms with van der Waals surface area (Å²) in [6.45, 7) is 15.6. The Morgan fingerprint density at radius 1 is 0.500 bits per heavy atom. The largest absolute Gasteiger partial charge is 0.0999 e. The molecule has 0 saturated carbocycles. The summed E-state index contributed by atoms with van der Waals surface area (Å²) >= 11 is 0. The highest BCUT2D eigenvalue weighted by Gasteiger charge is 1.98. The number of hydrogen-bond acceptors (Lipinski definition) is 0. The molecule has 0 rings (SSSR count). The first-order chi connectivity index (χ1) is 13.6. The second-order valence-corrected chi connectivity index (χ2v) is 9.38. The van der Waals surface area contributed by atoms with Crippen molar-refractivity contribution in [2.45, 2.75) is 163 Å². The summed E-state index contributed by atoms with van der Waals surface area (Å²) in [5.74, 6) is 0.848. The van der Waals surface area contributed by atoms with Crippen molar-refractivity contribution < 1.29 is 0 Å². The van der Waals surface area contributed by atoms with E-state index < -0.39 is 0 Å². The van der Waals surface area contributed by atoms with Gasteiger partial charge in [0, 0.05) is 0 Å². The Hall–Kier alpha value is -0.260. The molecule has 0 aromatic carbocycles. The van der Waals surface area contributed by atoms with Crippen LogP contribution in [0.25, 0.3) is 0 Å². The monoisotopic (exact) mass is 394 g/mol. The van der Waals surface area contributed by atoms with Crippen LogP contribution in [0, 0.1) is 5.92 Å². The Kier molecular flexibility index (Phi) is 28.6. The summed E-state index contributed by atoms with van der Waals surface area (Å²) in [7, 11) is 0. The third kappa shape index (κ3) is 30.5. The van der Waals surface area contributed by atoms with Gasteiger partial charge in [0.2, 0.25) is 0 Å². The number of rotatable bonds is 20. The molecular formula is C28H58. The number of unbranched alkanes of at least 4 members (excludes halogenated alkanes) is 14. The van der Waals surface area contributed by atoms with Gasteiger partial charge in [-0.15, -0.1) is 0 Å². The molecule has 0 bridgehead atoms. The van der Waals surface area contributed by atoms with Crippen LogP contribution in [0.3, 0.4) is 0 Å². The van der Waals surface area contributed by atoms with E-state index in [1.165, 1.54) is 134 Å². The Bertz CT molecular complexity index is 268. The van der Waals surface area contributed by atoms with E-state index in [-0.39, 0.29) is 0 Å². The van der Waals surface area contributed by atoms with E-state index in [2.05, 4.69) is 41.2 Å². The summed E-state index contributed by atoms with van der Waals surface area (Å²) in [6, 6.07) is 0. The second-order valence-electron chi connectivity index (χ2n) is 9.38. The summed E-state index contributed by atoms with van der Waals surface area (Å²) in [6.07, 6.45) is 28.0. The number of allylic oxidation sites excluding steroid dienone is 1. The zero-order chi connectivity index (χ0) is 21.3. The van der Waals surface area contributed by atoms with Crippen molar-refractivity contribution in [3.8, 4) is 0 Å². The van der Waals surface area contributed by atoms with Gasteiger partial charge in [-0.05, 0) is 31.6 Å². The molecule has 0 aromatic rings. The third-order valence-electron chi connectivity index (χ3n) is 5.65. The topological polar surface area (TPSA) is 0 Å². The molecule has 0 fully saturated rings. The van der Waals surface area contributed by atoms with Crippen LogP contribution in [0.2, 0.25) is 0 Å². The first-order valence-electron chi connectivity index (χ1n) is 13.2. The Morgan fingerprint density at radius 2 is 0.821 bits per heavy atom. The third-order valence-corrected chi connectivity index (χ3v) is 5.65. The highest BCUT2D eigenvalue weighted by Crippen LogP contribution is 2.17. The fourth-order valence-corrected chi connectivity index (χ4v) is 3.60. The second kappa shape index (κ2) is 26.7. The van der Waals surface area contributed by atoms with Gasteiger partial charge in [0.05, 0.1) is 0 Å². The number of hydrogen-bond donors (Lipinski definition) is 0. The molecule has 0 aliphatic carbocycles. The maximum atomic E-state index is 4.21. The summed E-state index contributed by atoms with van der Waals surface area (Å²) in [4.78, 5) is 0. The van der Waals surface area contributed by atoms with E-state index in [1.54, 1.807) is 0 Å². The molecule has 0 spiro atoms. The molecule has 0 amide bonds. The molecule has 0 heteroatoms. The maximum absolute atomic E-state index is 4.21. The Labute approximate surface area is 181 Å². The quantitative estimate of drug-likeness (QED) is 0.142. The highest BCUT2D eigenvalue weighted by atomic mass is 14.0. The maximum Gasteiger partial charge on any atom is -0.0323 e. The zero-order valence-corrected chi connectivity index (χ0v) is 20.9. The molecule has 0 unspecified atom stereocenters. The fraction of sp³-hybridized carbons (Fsp3) is 0.929. The summed E-state index contributed by atoms with van der Waals surface area (Å²) < 4.78 is 0. The van der Waals surface area contributed by atoms with Crippen molar-refractivity contribution in [1.29, 1.82) is 0 Å². The van der Waals surface area contributed by atoms with Crippen molar-refractivity contribution in [2.24, 2.45) is 5.92 Å². The highest BCUT2D eigenvalue weighted by molar-refractivity contribution is 4.93. The average Bonchev–Trinajstić information content (AvgIpc) is 2.67. The summed E-state index contributed by atoms with van der Waals surface area (Å²) in [5, 5.41) is 0. The Balaban J connectivity index is 0. The minimum absolute atomic E-state index is 0.848. The lowest BCUT2D eigenvalue weighted by Gasteiger charge is -2.07. The smallest absolute Gasteiger partial charge is 0.0323 e. The fourth-order valence-electron chi connectivity index (χ4n) is 3.60. The normalized spacial score (nSPS) is 10.8. The molecule has 28 heavy (non-hydrogen) atoms. The molecule has 0 N–H and O–H groups in total. The van der Waals surface area contributed by atoms with Crippen LogP contribution in [-0.4, -0.2) is 0 Å². The van der Waals surface area contributed by atoms with Crippen molar-refractivity contribution in [1.82, 2.24) is 0 Å². The van der Waals surface area contributed by atoms with Gasteiger partial charge in [-0.25, -0.2) is 0 Å². The van der Waals surface area contributed by atoms with Gasteiger partial charge in [-0.2, -0.15) is 0 Å². The molecular weight excluding hydrogens is 336 g/mol. The minimum atomic E-state index is 0.848. The summed E-state index contributed by atoms with van der Waals surface area (Å²) in [5.41, 5.74) is 1.49. The van der Waals surface area contributed by atoms with Crippen LogP contribution in [0.5, 0.6) is 0 Å².